The third kappa shape index (κ3) is 2.31. The Bertz CT molecular complexity index is 573. The molecule has 0 unspecified atom stereocenters. The first kappa shape index (κ1) is 13.5. The second-order valence-corrected chi connectivity index (χ2v) is 4.09. The monoisotopic (exact) mass is 283 g/mol. The van der Waals surface area contributed by atoms with Crippen LogP contribution in [0.1, 0.15) is 0 Å². The van der Waals surface area contributed by atoms with Crippen LogP contribution in [0.5, 0.6) is 17.8 Å². The zero-order chi connectivity index (χ0) is 14.0. The third-order valence-electron chi connectivity index (χ3n) is 2.71. The van der Waals surface area contributed by atoms with Crippen molar-refractivity contribution < 1.29 is 14.2 Å². The Kier molecular flexibility index (Phi) is 3.80. The average Bonchev–Trinajstić information content (AvgIpc) is 2.77. The number of nitrogens with zero attached hydrogens (tertiary/aromatic N) is 3. The van der Waals surface area contributed by atoms with E-state index in [0.29, 0.717) is 22.5 Å². The summed E-state index contributed by atoms with van der Waals surface area (Å²) in [6.07, 6.45) is 0. The van der Waals surface area contributed by atoms with E-state index in [0.717, 1.165) is 5.69 Å². The van der Waals surface area contributed by atoms with Crippen LogP contribution in [0, 0.1) is 0 Å². The van der Waals surface area contributed by atoms with Crippen LogP contribution in [0.3, 0.4) is 0 Å². The van der Waals surface area contributed by atoms with Gasteiger partial charge < -0.3 is 18.8 Å². The molecule has 6 nitrogen and oxygen atoms in total. The van der Waals surface area contributed by atoms with Gasteiger partial charge >= 0.3 is 6.01 Å². The van der Waals surface area contributed by atoms with Gasteiger partial charge in [-0.15, -0.1) is 0 Å². The second kappa shape index (κ2) is 5.36. The fourth-order valence-corrected chi connectivity index (χ4v) is 1.90. The average molecular weight is 284 g/mol. The Morgan fingerprint density at radius 1 is 1.00 bits per heavy atom. The molecule has 2 rings (SSSR count). The normalized spacial score (nSPS) is 10.4. The summed E-state index contributed by atoms with van der Waals surface area (Å²) in [5, 5.41) is 0.593. The minimum Gasteiger partial charge on any atom is -0.480 e. The molecule has 0 radical (unpaired) electrons. The van der Waals surface area contributed by atoms with E-state index >= 15 is 0 Å². The van der Waals surface area contributed by atoms with Gasteiger partial charge in [-0.1, -0.05) is 11.6 Å². The first-order chi connectivity index (χ1) is 9.12. The van der Waals surface area contributed by atoms with E-state index in [9.17, 15) is 0 Å². The number of methoxy groups -OCH3 is 3. The summed E-state index contributed by atoms with van der Waals surface area (Å²) in [7, 11) is 6.36. The van der Waals surface area contributed by atoms with Crippen LogP contribution in [0.4, 0.5) is 0 Å². The molecule has 0 N–H and O–H groups in total. The Morgan fingerprint density at radius 2 is 1.58 bits per heavy atom. The fourth-order valence-electron chi connectivity index (χ4n) is 1.75. The van der Waals surface area contributed by atoms with Gasteiger partial charge in [0.05, 0.1) is 27.0 Å². The Hall–Kier alpha value is -1.95. The maximum absolute atomic E-state index is 6.04. The van der Waals surface area contributed by atoms with E-state index in [1.54, 1.807) is 10.6 Å². The quantitative estimate of drug-likeness (QED) is 0.860. The first-order valence-corrected chi connectivity index (χ1v) is 5.85. The highest BCUT2D eigenvalue weighted by atomic mass is 35.5. The minimum atomic E-state index is 0.178. The van der Waals surface area contributed by atoms with Gasteiger partial charge in [0.1, 0.15) is 10.7 Å². The lowest BCUT2D eigenvalue weighted by molar-refractivity contribution is 0.331. The van der Waals surface area contributed by atoms with Gasteiger partial charge in [-0.2, -0.15) is 9.97 Å². The Balaban J connectivity index is 2.70. The van der Waals surface area contributed by atoms with Gasteiger partial charge in [0, 0.05) is 7.05 Å². The van der Waals surface area contributed by atoms with Crippen LogP contribution in [0.2, 0.25) is 5.15 Å². The van der Waals surface area contributed by atoms with E-state index in [1.165, 1.54) is 21.3 Å². The van der Waals surface area contributed by atoms with E-state index in [1.807, 2.05) is 13.1 Å². The number of hydrogen-bond acceptors (Lipinski definition) is 5. The lowest BCUT2D eigenvalue weighted by Crippen LogP contribution is -2.03. The van der Waals surface area contributed by atoms with Crippen molar-refractivity contribution in [2.24, 2.45) is 7.05 Å². The topological polar surface area (TPSA) is 58.4 Å². The van der Waals surface area contributed by atoms with Crippen LogP contribution in [0.25, 0.3) is 11.3 Å². The molecule has 7 heteroatoms. The molecule has 2 heterocycles. The second-order valence-electron chi connectivity index (χ2n) is 3.70. The molecular formula is C12H14ClN3O3. The SMILES string of the molecule is COc1nc(OC)c(-c2ccc(Cl)n2C)c(OC)n1. The highest BCUT2D eigenvalue weighted by Gasteiger charge is 2.21. The predicted molar refractivity (Wildman–Crippen MR) is 71.1 cm³/mol. The van der Waals surface area contributed by atoms with Crippen molar-refractivity contribution >= 4 is 11.6 Å². The molecule has 0 saturated carbocycles. The number of halogens is 1. The lowest BCUT2D eigenvalue weighted by atomic mass is 10.2. The summed E-state index contributed by atoms with van der Waals surface area (Å²) in [4.78, 5) is 8.31. The van der Waals surface area contributed by atoms with Gasteiger partial charge in [0.15, 0.2) is 0 Å². The molecule has 0 aliphatic heterocycles. The molecule has 0 amide bonds. The highest BCUT2D eigenvalue weighted by molar-refractivity contribution is 6.29. The van der Waals surface area contributed by atoms with Gasteiger partial charge in [-0.05, 0) is 12.1 Å². The van der Waals surface area contributed by atoms with Crippen LogP contribution >= 0.6 is 11.6 Å². The summed E-state index contributed by atoms with van der Waals surface area (Å²) >= 11 is 6.04. The Morgan fingerprint density at radius 3 is 1.95 bits per heavy atom. The molecule has 2 aromatic heterocycles. The van der Waals surface area contributed by atoms with Gasteiger partial charge in [0.25, 0.3) is 0 Å². The van der Waals surface area contributed by atoms with Gasteiger partial charge in [-0.3, -0.25) is 0 Å². The summed E-state index contributed by atoms with van der Waals surface area (Å²) in [5.74, 6) is 0.725. The largest absolute Gasteiger partial charge is 0.480 e. The molecule has 19 heavy (non-hydrogen) atoms. The number of aromatic nitrogens is 3. The van der Waals surface area contributed by atoms with Crippen molar-refractivity contribution in [3.05, 3.63) is 17.3 Å². The molecule has 0 aliphatic carbocycles. The van der Waals surface area contributed by atoms with Crippen molar-refractivity contribution in [3.8, 4) is 29.0 Å². The minimum absolute atomic E-state index is 0.178. The van der Waals surface area contributed by atoms with Crippen molar-refractivity contribution in [3.63, 3.8) is 0 Å². The fraction of sp³-hybridized carbons (Fsp3) is 0.333. The molecule has 102 valence electrons. The molecule has 0 fully saturated rings. The van der Waals surface area contributed by atoms with E-state index < -0.39 is 0 Å². The molecule has 2 aromatic rings. The van der Waals surface area contributed by atoms with Crippen molar-refractivity contribution in [1.82, 2.24) is 14.5 Å². The molecular weight excluding hydrogens is 270 g/mol. The summed E-state index contributed by atoms with van der Waals surface area (Å²) in [5.41, 5.74) is 1.42. The van der Waals surface area contributed by atoms with Crippen molar-refractivity contribution in [2.45, 2.75) is 0 Å². The lowest BCUT2D eigenvalue weighted by Gasteiger charge is -2.13. The number of hydrogen-bond donors (Lipinski definition) is 0. The summed E-state index contributed by atoms with van der Waals surface area (Å²) < 4.78 is 17.4. The predicted octanol–water partition coefficient (Wildman–Crippen LogP) is 2.16. The van der Waals surface area contributed by atoms with Gasteiger partial charge in [0.2, 0.25) is 11.8 Å². The molecule has 0 aliphatic rings. The van der Waals surface area contributed by atoms with Crippen molar-refractivity contribution in [1.29, 1.82) is 0 Å². The third-order valence-corrected chi connectivity index (χ3v) is 3.09. The summed E-state index contributed by atoms with van der Waals surface area (Å²) in [6, 6.07) is 3.80. The maximum Gasteiger partial charge on any atom is 0.322 e. The zero-order valence-corrected chi connectivity index (χ0v) is 11.9. The number of rotatable bonds is 4. The van der Waals surface area contributed by atoms with Gasteiger partial charge in [-0.25, -0.2) is 0 Å². The van der Waals surface area contributed by atoms with E-state index in [2.05, 4.69) is 9.97 Å². The zero-order valence-electron chi connectivity index (χ0n) is 11.1. The van der Waals surface area contributed by atoms with Crippen LogP contribution in [-0.4, -0.2) is 35.9 Å². The molecule has 0 atom stereocenters. The van der Waals surface area contributed by atoms with Crippen LogP contribution in [-0.2, 0) is 7.05 Å². The molecule has 0 saturated heterocycles. The van der Waals surface area contributed by atoms with E-state index in [4.69, 9.17) is 25.8 Å². The van der Waals surface area contributed by atoms with Crippen LogP contribution in [0.15, 0.2) is 12.1 Å². The molecule has 0 bridgehead atoms. The molecule has 0 aromatic carbocycles. The first-order valence-electron chi connectivity index (χ1n) is 5.48. The smallest absolute Gasteiger partial charge is 0.322 e. The van der Waals surface area contributed by atoms with Crippen LogP contribution < -0.4 is 14.2 Å². The van der Waals surface area contributed by atoms with Crippen molar-refractivity contribution in [2.75, 3.05) is 21.3 Å². The standard InChI is InChI=1S/C12H14ClN3O3/c1-16-7(5-6-8(16)13)9-10(17-2)14-12(19-4)15-11(9)18-3/h5-6H,1-4H3. The Labute approximate surface area is 115 Å². The highest BCUT2D eigenvalue weighted by Crippen LogP contribution is 2.38. The van der Waals surface area contributed by atoms with E-state index in [-0.39, 0.29) is 6.01 Å². The summed E-state index contributed by atoms with van der Waals surface area (Å²) in [6.45, 7) is 0. The number of ether oxygens (including phenoxy) is 3. The molecule has 0 spiro atoms. The maximum atomic E-state index is 6.04.